The Morgan fingerprint density at radius 2 is 2.10 bits per heavy atom. The lowest BCUT2D eigenvalue weighted by molar-refractivity contribution is -0.149. The third-order valence-corrected chi connectivity index (χ3v) is 5.72. The Bertz CT molecular complexity index is 652. The van der Waals surface area contributed by atoms with Gasteiger partial charge < -0.3 is 9.47 Å². The molecule has 8 nitrogen and oxygen atoms in total. The Kier molecular flexibility index (Phi) is 4.35. The van der Waals surface area contributed by atoms with Gasteiger partial charge in [-0.3, -0.25) is 9.48 Å². The lowest BCUT2D eigenvalue weighted by Gasteiger charge is -2.32. The van der Waals surface area contributed by atoms with Crippen LogP contribution >= 0.6 is 0 Å². The average Bonchev–Trinajstić information content (AvgIpc) is 2.71. The van der Waals surface area contributed by atoms with Gasteiger partial charge in [0.25, 0.3) is 0 Å². The first-order chi connectivity index (χ1) is 9.80. The van der Waals surface area contributed by atoms with E-state index in [2.05, 4.69) is 9.84 Å². The van der Waals surface area contributed by atoms with Crippen LogP contribution in [0.5, 0.6) is 0 Å². The third-order valence-electron chi connectivity index (χ3n) is 3.56. The highest BCUT2D eigenvalue weighted by Gasteiger charge is 2.41. The molecule has 0 spiro atoms. The fourth-order valence-electron chi connectivity index (χ4n) is 2.44. The molecule has 1 unspecified atom stereocenters. The van der Waals surface area contributed by atoms with Crippen LogP contribution in [-0.2, 0) is 31.3 Å². The zero-order valence-corrected chi connectivity index (χ0v) is 13.3. The average molecular weight is 317 g/mol. The molecule has 0 radical (unpaired) electrons. The largest absolute Gasteiger partial charge is 0.468 e. The molecule has 2 rings (SSSR count). The van der Waals surface area contributed by atoms with Gasteiger partial charge in [0.2, 0.25) is 10.0 Å². The van der Waals surface area contributed by atoms with Crippen molar-refractivity contribution in [3.63, 3.8) is 0 Å². The van der Waals surface area contributed by atoms with E-state index in [0.29, 0.717) is 11.4 Å². The fourth-order valence-corrected chi connectivity index (χ4v) is 4.39. The highest BCUT2D eigenvalue weighted by atomic mass is 32.2. The van der Waals surface area contributed by atoms with Crippen LogP contribution in [0.15, 0.2) is 4.90 Å². The predicted octanol–water partition coefficient (Wildman–Crippen LogP) is -0.401. The van der Waals surface area contributed by atoms with E-state index in [9.17, 15) is 13.2 Å². The minimum Gasteiger partial charge on any atom is -0.468 e. The van der Waals surface area contributed by atoms with Gasteiger partial charge in [-0.1, -0.05) is 0 Å². The van der Waals surface area contributed by atoms with E-state index in [1.54, 1.807) is 20.9 Å². The summed E-state index contributed by atoms with van der Waals surface area (Å²) < 4.78 is 38.3. The highest BCUT2D eigenvalue weighted by Crippen LogP contribution is 2.26. The van der Waals surface area contributed by atoms with Crippen LogP contribution in [0.2, 0.25) is 0 Å². The number of rotatable bonds is 3. The van der Waals surface area contributed by atoms with Crippen LogP contribution in [0.25, 0.3) is 0 Å². The van der Waals surface area contributed by atoms with Crippen molar-refractivity contribution in [2.75, 3.05) is 26.9 Å². The molecule has 1 fully saturated rings. The maximum Gasteiger partial charge on any atom is 0.326 e. The van der Waals surface area contributed by atoms with Gasteiger partial charge in [0.1, 0.15) is 10.9 Å². The topological polar surface area (TPSA) is 90.7 Å². The lowest BCUT2D eigenvalue weighted by atomic mass is 10.3. The summed E-state index contributed by atoms with van der Waals surface area (Å²) in [4.78, 5) is 11.9. The van der Waals surface area contributed by atoms with Gasteiger partial charge in [0.05, 0.1) is 31.7 Å². The summed E-state index contributed by atoms with van der Waals surface area (Å²) >= 11 is 0. The van der Waals surface area contributed by atoms with Crippen molar-refractivity contribution in [3.05, 3.63) is 11.4 Å². The number of methoxy groups -OCH3 is 1. The van der Waals surface area contributed by atoms with Crippen LogP contribution in [-0.4, -0.2) is 61.4 Å². The number of esters is 1. The predicted molar refractivity (Wildman–Crippen MR) is 73.2 cm³/mol. The molecule has 1 atom stereocenters. The number of nitrogens with zero attached hydrogens (tertiary/aromatic N) is 3. The summed E-state index contributed by atoms with van der Waals surface area (Å²) in [5.41, 5.74) is 0.938. The standard InChI is InChI=1S/C12H19N3O5S/c1-8-11(9(2)14(3)13-8)21(17,18)15-5-6-20-7-10(15)12(16)19-4/h10H,5-7H2,1-4H3. The molecule has 21 heavy (non-hydrogen) atoms. The summed E-state index contributed by atoms with van der Waals surface area (Å²) in [5.74, 6) is -0.627. The van der Waals surface area contributed by atoms with Crippen molar-refractivity contribution in [3.8, 4) is 0 Å². The minimum absolute atomic E-state index is 0.00966. The van der Waals surface area contributed by atoms with Gasteiger partial charge in [0, 0.05) is 13.6 Å². The molecule has 0 amide bonds. The van der Waals surface area contributed by atoms with E-state index in [1.165, 1.54) is 11.8 Å². The van der Waals surface area contributed by atoms with E-state index >= 15 is 0 Å². The second-order valence-electron chi connectivity index (χ2n) is 4.85. The summed E-state index contributed by atoms with van der Waals surface area (Å²) in [6.07, 6.45) is 0. The molecule has 0 saturated carbocycles. The smallest absolute Gasteiger partial charge is 0.326 e. The van der Waals surface area contributed by atoms with Crippen LogP contribution in [0.1, 0.15) is 11.4 Å². The first-order valence-corrected chi connectivity index (χ1v) is 7.92. The number of carbonyl (C=O) groups excluding carboxylic acids is 1. The molecule has 1 aliphatic rings. The van der Waals surface area contributed by atoms with Crippen molar-refractivity contribution in [1.29, 1.82) is 0 Å². The highest BCUT2D eigenvalue weighted by molar-refractivity contribution is 7.89. The summed E-state index contributed by atoms with van der Waals surface area (Å²) in [6, 6.07) is -0.965. The third kappa shape index (κ3) is 2.68. The molecule has 0 N–H and O–H groups in total. The van der Waals surface area contributed by atoms with Crippen molar-refractivity contribution in [1.82, 2.24) is 14.1 Å². The SMILES string of the molecule is COC(=O)C1COCCN1S(=O)(=O)c1c(C)nn(C)c1C. The lowest BCUT2D eigenvalue weighted by Crippen LogP contribution is -2.53. The molecule has 0 aromatic carbocycles. The van der Waals surface area contributed by atoms with Crippen molar-refractivity contribution in [2.24, 2.45) is 7.05 Å². The second-order valence-corrected chi connectivity index (χ2v) is 6.68. The number of carbonyl (C=O) groups is 1. The molecule has 9 heteroatoms. The van der Waals surface area contributed by atoms with Crippen LogP contribution < -0.4 is 0 Å². The summed E-state index contributed by atoms with van der Waals surface area (Å²) in [6.45, 7) is 3.65. The van der Waals surface area contributed by atoms with Crippen molar-refractivity contribution in [2.45, 2.75) is 24.8 Å². The zero-order valence-electron chi connectivity index (χ0n) is 12.5. The van der Waals surface area contributed by atoms with Crippen LogP contribution in [0.4, 0.5) is 0 Å². The van der Waals surface area contributed by atoms with E-state index in [-0.39, 0.29) is 24.7 Å². The van der Waals surface area contributed by atoms with E-state index in [4.69, 9.17) is 4.74 Å². The molecule has 1 aromatic rings. The van der Waals surface area contributed by atoms with Gasteiger partial charge >= 0.3 is 5.97 Å². The maximum atomic E-state index is 12.9. The van der Waals surface area contributed by atoms with Crippen LogP contribution in [0.3, 0.4) is 0 Å². The number of aromatic nitrogens is 2. The molecular weight excluding hydrogens is 298 g/mol. The minimum atomic E-state index is -3.84. The Balaban J connectivity index is 2.48. The molecule has 0 bridgehead atoms. The van der Waals surface area contributed by atoms with Crippen molar-refractivity contribution >= 4 is 16.0 Å². The van der Waals surface area contributed by atoms with Gasteiger partial charge in [-0.15, -0.1) is 0 Å². The second kappa shape index (κ2) is 5.74. The molecule has 118 valence electrons. The first-order valence-electron chi connectivity index (χ1n) is 6.48. The van der Waals surface area contributed by atoms with Crippen LogP contribution in [0, 0.1) is 13.8 Å². The number of morpholine rings is 1. The Morgan fingerprint density at radius 3 is 2.62 bits per heavy atom. The van der Waals surface area contributed by atoms with Crippen molar-refractivity contribution < 1.29 is 22.7 Å². The molecule has 1 aliphatic heterocycles. The van der Waals surface area contributed by atoms with E-state index in [0.717, 1.165) is 4.31 Å². The van der Waals surface area contributed by atoms with Gasteiger partial charge in [-0.25, -0.2) is 8.42 Å². The number of hydrogen-bond donors (Lipinski definition) is 0. The number of aryl methyl sites for hydroxylation is 2. The van der Waals surface area contributed by atoms with Gasteiger partial charge in [0.15, 0.2) is 0 Å². The van der Waals surface area contributed by atoms with E-state index < -0.39 is 22.0 Å². The number of sulfonamides is 1. The zero-order chi connectivity index (χ0) is 15.8. The Hall–Kier alpha value is -1.45. The monoisotopic (exact) mass is 317 g/mol. The normalized spacial score (nSPS) is 20.5. The maximum absolute atomic E-state index is 12.9. The molecule has 0 aliphatic carbocycles. The Morgan fingerprint density at radius 1 is 1.43 bits per heavy atom. The van der Waals surface area contributed by atoms with E-state index in [1.807, 2.05) is 0 Å². The molecule has 1 saturated heterocycles. The Labute approximate surface area is 123 Å². The molecule has 2 heterocycles. The fraction of sp³-hybridized carbons (Fsp3) is 0.667. The number of ether oxygens (including phenoxy) is 2. The molecule has 1 aromatic heterocycles. The summed E-state index contributed by atoms with van der Waals surface area (Å²) in [5, 5.41) is 4.13. The van der Waals surface area contributed by atoms with Gasteiger partial charge in [-0.2, -0.15) is 9.40 Å². The first kappa shape index (κ1) is 15.9. The van der Waals surface area contributed by atoms with Gasteiger partial charge in [-0.05, 0) is 13.8 Å². The molecular formula is C12H19N3O5S. The quantitative estimate of drug-likeness (QED) is 0.705. The number of hydrogen-bond acceptors (Lipinski definition) is 6. The summed E-state index contributed by atoms with van der Waals surface area (Å²) in [7, 11) is -0.934.